The first kappa shape index (κ1) is 57.8. The number of hydrogen-bond donors (Lipinski definition) is 7. The van der Waals surface area contributed by atoms with E-state index in [1.807, 2.05) is 18.2 Å². The van der Waals surface area contributed by atoms with Crippen molar-refractivity contribution in [1.29, 1.82) is 0 Å². The van der Waals surface area contributed by atoms with Gasteiger partial charge in [-0.2, -0.15) is 0 Å². The molecular formula is C50H73N10O12+. The molecule has 3 atom stereocenters. The fourth-order valence-electron chi connectivity index (χ4n) is 7.65. The average molecular weight is 1010 g/mol. The molecule has 0 aliphatic carbocycles. The smallest absolute Gasteiger partial charge is 0.246 e. The number of carbonyl (C=O) groups excluding carboxylic acids is 8. The van der Waals surface area contributed by atoms with E-state index < -0.39 is 71.4 Å². The maximum Gasteiger partial charge on any atom is 0.246 e. The maximum atomic E-state index is 14.4. The Hall–Kier alpha value is -6.75. The number of amides is 8. The van der Waals surface area contributed by atoms with Crippen LogP contribution in [0.15, 0.2) is 60.9 Å². The number of pyridine rings is 1. The number of aryl methyl sites for hydroxylation is 1. The number of benzene rings is 2. The molecule has 2 heterocycles. The molecular weight excluding hydrogens is 933 g/mol. The summed E-state index contributed by atoms with van der Waals surface area (Å²) >= 11 is 0. The number of rotatable bonds is 29. The summed E-state index contributed by atoms with van der Waals surface area (Å²) in [6.45, 7) is 3.72. The van der Waals surface area contributed by atoms with Crippen LogP contribution in [-0.2, 0) is 65.4 Å². The van der Waals surface area contributed by atoms with Gasteiger partial charge in [0.15, 0.2) is 0 Å². The molecule has 22 heteroatoms. The van der Waals surface area contributed by atoms with E-state index in [-0.39, 0.29) is 83.2 Å². The number of aromatic nitrogens is 1. The Bertz CT molecular complexity index is 2320. The fraction of sp³-hybridized carbons (Fsp3) is 0.540. The molecule has 0 bridgehead atoms. The number of ether oxygens (including phenoxy) is 3. The molecule has 394 valence electrons. The summed E-state index contributed by atoms with van der Waals surface area (Å²) in [6.07, 6.45) is 2.58. The first-order chi connectivity index (χ1) is 34.1. The minimum Gasteiger partial charge on any atom is -0.508 e. The van der Waals surface area contributed by atoms with E-state index in [9.17, 15) is 43.5 Å². The molecule has 22 nitrogen and oxygen atoms in total. The molecule has 3 aromatic rings. The minimum atomic E-state index is -1.65. The van der Waals surface area contributed by atoms with E-state index in [1.165, 1.54) is 38.3 Å². The van der Waals surface area contributed by atoms with Crippen LogP contribution in [0.2, 0.25) is 0 Å². The third-order valence-corrected chi connectivity index (χ3v) is 12.0. The summed E-state index contributed by atoms with van der Waals surface area (Å²) in [7, 11) is 9.09. The quantitative estimate of drug-likeness (QED) is 0.0335. The number of nitrogens with one attached hydrogen (secondary N) is 5. The van der Waals surface area contributed by atoms with Crippen LogP contribution in [0.4, 0.5) is 0 Å². The predicted octanol–water partition coefficient (Wildman–Crippen LogP) is -0.707. The van der Waals surface area contributed by atoms with Gasteiger partial charge in [-0.05, 0) is 52.9 Å². The Morgan fingerprint density at radius 1 is 0.819 bits per heavy atom. The summed E-state index contributed by atoms with van der Waals surface area (Å²) in [5, 5.41) is 25.0. The van der Waals surface area contributed by atoms with Gasteiger partial charge in [-0.1, -0.05) is 30.3 Å². The van der Waals surface area contributed by atoms with Gasteiger partial charge in [-0.15, -0.1) is 0 Å². The van der Waals surface area contributed by atoms with Gasteiger partial charge in [0.05, 0.1) is 60.5 Å². The second kappa shape index (κ2) is 28.3. The normalized spacial score (nSPS) is 14.5. The van der Waals surface area contributed by atoms with Crippen molar-refractivity contribution in [2.75, 3.05) is 101 Å². The molecule has 0 radical (unpaired) electrons. The van der Waals surface area contributed by atoms with Crippen molar-refractivity contribution in [2.24, 2.45) is 5.73 Å². The van der Waals surface area contributed by atoms with Gasteiger partial charge in [0.2, 0.25) is 47.3 Å². The van der Waals surface area contributed by atoms with Crippen LogP contribution < -0.4 is 32.3 Å². The van der Waals surface area contributed by atoms with E-state index in [1.54, 1.807) is 30.3 Å². The lowest BCUT2D eigenvalue weighted by Crippen LogP contribution is -2.65. The summed E-state index contributed by atoms with van der Waals surface area (Å²) in [5.41, 5.74) is 5.49. The second-order valence-electron chi connectivity index (χ2n) is 19.0. The average Bonchev–Trinajstić information content (AvgIpc) is 3.33. The highest BCUT2D eigenvalue weighted by atomic mass is 16.5. The summed E-state index contributed by atoms with van der Waals surface area (Å²) < 4.78 is 17.4. The predicted molar refractivity (Wildman–Crippen MR) is 266 cm³/mol. The van der Waals surface area contributed by atoms with E-state index >= 15 is 0 Å². The number of nitrogens with zero attached hydrogens (tertiary/aromatic N) is 4. The van der Waals surface area contributed by atoms with Crippen LogP contribution in [0.3, 0.4) is 0 Å². The zero-order chi connectivity index (χ0) is 52.8. The zero-order valence-corrected chi connectivity index (χ0v) is 42.3. The number of quaternary nitrogens is 1. The zero-order valence-electron chi connectivity index (χ0n) is 42.3. The van der Waals surface area contributed by atoms with E-state index in [0.29, 0.717) is 31.8 Å². The van der Waals surface area contributed by atoms with Crippen molar-refractivity contribution in [2.45, 2.75) is 75.5 Å². The third kappa shape index (κ3) is 19.8. The molecule has 1 aliphatic rings. The molecule has 0 unspecified atom stereocenters. The fourth-order valence-corrected chi connectivity index (χ4v) is 7.65. The number of nitrogens with two attached hydrogens (primary N) is 1. The van der Waals surface area contributed by atoms with Gasteiger partial charge in [0, 0.05) is 85.4 Å². The van der Waals surface area contributed by atoms with Gasteiger partial charge in [0.25, 0.3) is 0 Å². The molecule has 1 aliphatic heterocycles. The summed E-state index contributed by atoms with van der Waals surface area (Å²) in [5.74, 6) is -5.34. The highest BCUT2D eigenvalue weighted by Gasteiger charge is 2.43. The molecule has 8 N–H and O–H groups in total. The van der Waals surface area contributed by atoms with Crippen molar-refractivity contribution in [3.63, 3.8) is 0 Å². The molecule has 0 spiro atoms. The van der Waals surface area contributed by atoms with Crippen LogP contribution in [-0.4, -0.2) is 196 Å². The number of phenolic OH excluding ortho intramolecular Hbond substituents is 1. The van der Waals surface area contributed by atoms with Crippen LogP contribution in [0.5, 0.6) is 5.75 Å². The monoisotopic (exact) mass is 1010 g/mol. The molecule has 1 aromatic heterocycles. The number of fused-ring (bicyclic) bond motifs is 1. The van der Waals surface area contributed by atoms with Gasteiger partial charge in [0.1, 0.15) is 36.0 Å². The van der Waals surface area contributed by atoms with E-state index in [0.717, 1.165) is 32.3 Å². The molecule has 0 saturated carbocycles. The molecule has 8 amide bonds. The SMILES string of the molecule is CC(=O)N(C)CC[C@H](NC(=O)C1(NC(=O)CCc2ccc3cc(O)ccc3c2)CCOCC1)C(=O)N[C@@H](CC(N)=O)C(=O)N[C@@H](Cc1cccnc1)C(=O)N(C)CC(=O)NCCOCCOCC[N+](C)(C)C. The first-order valence-electron chi connectivity index (χ1n) is 24.0. The van der Waals surface area contributed by atoms with Crippen molar-refractivity contribution in [3.8, 4) is 5.75 Å². The number of primary amides is 1. The lowest BCUT2D eigenvalue weighted by molar-refractivity contribution is -0.870. The van der Waals surface area contributed by atoms with E-state index in [4.69, 9.17) is 19.9 Å². The summed E-state index contributed by atoms with van der Waals surface area (Å²) in [4.78, 5) is 114. The maximum absolute atomic E-state index is 14.4. The van der Waals surface area contributed by atoms with Crippen molar-refractivity contribution >= 4 is 58.0 Å². The van der Waals surface area contributed by atoms with Crippen molar-refractivity contribution in [1.82, 2.24) is 41.4 Å². The van der Waals surface area contributed by atoms with Gasteiger partial charge in [-0.3, -0.25) is 43.3 Å². The number of aromatic hydroxyl groups is 1. The lowest BCUT2D eigenvalue weighted by atomic mass is 9.88. The topological polar surface area (TPSA) is 290 Å². The highest BCUT2D eigenvalue weighted by molar-refractivity contribution is 5.98. The number of hydrogen-bond acceptors (Lipinski definition) is 13. The van der Waals surface area contributed by atoms with Crippen LogP contribution in [0, 0.1) is 0 Å². The summed E-state index contributed by atoms with van der Waals surface area (Å²) in [6, 6.07) is 9.53. The standard InChI is InChI=1S/C50H72N10O12/c1-34(61)58(2)20-15-40(56-49(69)50(16-22-70-23-17-50)57-44(64)14-10-35-9-11-38-30-39(62)13-12-37(38)28-35)46(66)54-41(31-43(51)63)47(67)55-42(29-36-8-7-18-52-32-36)48(68)59(3)33-45(65)53-19-24-71-26-27-72-25-21-60(4,5)6/h7-9,11-13,18,28,30,32,40-42H,10,14-17,19-27,29,31,33H2,1-6H3,(H7-,51,53,54,55,56,57,62,63,64,65,66,67,69)/p+1/t40-,41-,42-/m0/s1. The van der Waals surface area contributed by atoms with Crippen LogP contribution in [0.1, 0.15) is 50.2 Å². The lowest BCUT2D eigenvalue weighted by Gasteiger charge is -2.37. The molecule has 1 fully saturated rings. The van der Waals surface area contributed by atoms with Gasteiger partial charge >= 0.3 is 0 Å². The molecule has 72 heavy (non-hydrogen) atoms. The Balaban J connectivity index is 1.45. The number of phenols is 1. The Morgan fingerprint density at radius 2 is 1.49 bits per heavy atom. The van der Waals surface area contributed by atoms with Crippen molar-refractivity contribution < 1.29 is 62.2 Å². The first-order valence-corrected chi connectivity index (χ1v) is 24.0. The second-order valence-corrected chi connectivity index (χ2v) is 19.0. The van der Waals surface area contributed by atoms with Gasteiger partial charge < -0.3 is 65.9 Å². The highest BCUT2D eigenvalue weighted by Crippen LogP contribution is 2.24. The molecule has 1 saturated heterocycles. The van der Waals surface area contributed by atoms with Gasteiger partial charge in [-0.25, -0.2) is 0 Å². The minimum absolute atomic E-state index is 0.0187. The van der Waals surface area contributed by atoms with Crippen LogP contribution >= 0.6 is 0 Å². The molecule has 4 rings (SSSR count). The number of likely N-dealkylation sites (N-methyl/N-ethyl adjacent to an activating group) is 2. The Labute approximate surface area is 420 Å². The van der Waals surface area contributed by atoms with E-state index in [2.05, 4.69) is 52.7 Å². The molecule has 2 aromatic carbocycles. The third-order valence-electron chi connectivity index (χ3n) is 12.0. The van der Waals surface area contributed by atoms with Crippen molar-refractivity contribution in [3.05, 3.63) is 72.1 Å². The van der Waals surface area contributed by atoms with Crippen LogP contribution in [0.25, 0.3) is 10.8 Å². The largest absolute Gasteiger partial charge is 0.508 e. The Morgan fingerprint density at radius 3 is 2.15 bits per heavy atom. The Kier molecular flexibility index (Phi) is 22.8. The number of carbonyl (C=O) groups is 8.